The van der Waals surface area contributed by atoms with Crippen LogP contribution in [-0.2, 0) is 44.3 Å². The van der Waals surface area contributed by atoms with Gasteiger partial charge < -0.3 is 9.47 Å². The molecule has 0 atom stereocenters. The maximum Gasteiger partial charge on any atom is 0.508 e. The third kappa shape index (κ3) is 14.2. The topological polar surface area (TPSA) is 179 Å². The van der Waals surface area contributed by atoms with Crippen molar-refractivity contribution in [3.8, 4) is 0 Å². The fourth-order valence-corrected chi connectivity index (χ4v) is 4.40. The second-order valence-electron chi connectivity index (χ2n) is 4.52. The highest BCUT2D eigenvalue weighted by Crippen LogP contribution is 1.96. The van der Waals surface area contributed by atoms with E-state index in [1.807, 2.05) is 0 Å². The molecule has 0 saturated carbocycles. The quantitative estimate of drug-likeness (QED) is 0.298. The van der Waals surface area contributed by atoms with Crippen molar-refractivity contribution in [2.24, 2.45) is 0 Å². The van der Waals surface area contributed by atoms with Gasteiger partial charge in [0.05, 0.1) is 31.3 Å². The molecular weight excluding hydrogens is 392 g/mol. The van der Waals surface area contributed by atoms with Crippen molar-refractivity contribution in [3.05, 3.63) is 0 Å². The Hall–Kier alpha value is -1.45. The molecule has 0 aromatic carbocycles. The van der Waals surface area contributed by atoms with Crippen LogP contribution in [0.1, 0.15) is 12.8 Å². The molecule has 0 radical (unpaired) electrons. The SMILES string of the molecule is CS(=O)(=O)NC(=O)CCOC(=O)OCCCS(=O)(=O)NS(C)(=O)=O. The lowest BCUT2D eigenvalue weighted by atomic mass is 10.4. The molecular formula is C9H18N2O10S3. The first-order valence-corrected chi connectivity index (χ1v) is 11.7. The first-order chi connectivity index (χ1) is 10.7. The van der Waals surface area contributed by atoms with Gasteiger partial charge in [-0.15, -0.1) is 4.13 Å². The Bertz CT molecular complexity index is 753. The zero-order chi connectivity index (χ0) is 19.0. The average Bonchev–Trinajstić information content (AvgIpc) is 2.29. The maximum absolute atomic E-state index is 11.3. The molecule has 0 aliphatic carbocycles. The summed E-state index contributed by atoms with van der Waals surface area (Å²) in [4.78, 5) is 22.2. The summed E-state index contributed by atoms with van der Waals surface area (Å²) in [6.45, 7) is -0.798. The molecule has 2 N–H and O–H groups in total. The van der Waals surface area contributed by atoms with Crippen LogP contribution < -0.4 is 8.85 Å². The average molecular weight is 410 g/mol. The minimum absolute atomic E-state index is 0.186. The van der Waals surface area contributed by atoms with E-state index in [2.05, 4.69) is 9.47 Å². The number of sulfonamides is 3. The van der Waals surface area contributed by atoms with E-state index in [0.717, 1.165) is 6.26 Å². The minimum Gasteiger partial charge on any atom is -0.434 e. The number of amides is 1. The second-order valence-corrected chi connectivity index (χ2v) is 10.1. The number of hydrogen-bond donors (Lipinski definition) is 2. The molecule has 1 amide bonds. The molecule has 0 bridgehead atoms. The smallest absolute Gasteiger partial charge is 0.434 e. The van der Waals surface area contributed by atoms with Crippen molar-refractivity contribution < 1.29 is 44.3 Å². The Morgan fingerprint density at radius 2 is 1.42 bits per heavy atom. The summed E-state index contributed by atoms with van der Waals surface area (Å²) in [6, 6.07) is 0. The van der Waals surface area contributed by atoms with Gasteiger partial charge >= 0.3 is 6.16 Å². The molecule has 0 aliphatic rings. The van der Waals surface area contributed by atoms with Gasteiger partial charge in [-0.05, 0) is 6.42 Å². The van der Waals surface area contributed by atoms with Crippen molar-refractivity contribution in [2.45, 2.75) is 12.8 Å². The molecule has 0 spiro atoms. The Labute approximate surface area is 140 Å². The first-order valence-electron chi connectivity index (χ1n) is 6.21. The molecule has 0 heterocycles. The summed E-state index contributed by atoms with van der Waals surface area (Å²) in [5.41, 5.74) is 0. The zero-order valence-electron chi connectivity index (χ0n) is 12.8. The van der Waals surface area contributed by atoms with Crippen molar-refractivity contribution >= 4 is 42.1 Å². The number of carbonyl (C=O) groups excluding carboxylic acids is 2. The van der Waals surface area contributed by atoms with Crippen LogP contribution in [-0.4, -0.2) is 68.8 Å². The summed E-state index contributed by atoms with van der Waals surface area (Å²) in [5, 5.41) is 0. The minimum atomic E-state index is -4.06. The molecule has 0 aromatic rings. The summed E-state index contributed by atoms with van der Waals surface area (Å²) in [6.07, 6.45) is -0.315. The Morgan fingerprint density at radius 3 is 1.92 bits per heavy atom. The van der Waals surface area contributed by atoms with Gasteiger partial charge in [-0.1, -0.05) is 0 Å². The van der Waals surface area contributed by atoms with Gasteiger partial charge in [-0.25, -0.2) is 30.0 Å². The fourth-order valence-electron chi connectivity index (χ4n) is 1.20. The molecule has 0 saturated heterocycles. The highest BCUT2D eigenvalue weighted by atomic mass is 32.3. The van der Waals surface area contributed by atoms with Crippen LogP contribution in [0, 0.1) is 0 Å². The van der Waals surface area contributed by atoms with Crippen LogP contribution in [0.3, 0.4) is 0 Å². The van der Waals surface area contributed by atoms with Gasteiger partial charge in [0.1, 0.15) is 6.61 Å². The predicted molar refractivity (Wildman–Crippen MR) is 81.3 cm³/mol. The Morgan fingerprint density at radius 1 is 0.875 bits per heavy atom. The summed E-state index contributed by atoms with van der Waals surface area (Å²) in [5.74, 6) is -1.47. The molecule has 0 unspecified atom stereocenters. The van der Waals surface area contributed by atoms with Crippen LogP contribution in [0.25, 0.3) is 0 Å². The third-order valence-electron chi connectivity index (χ3n) is 1.90. The lowest BCUT2D eigenvalue weighted by molar-refractivity contribution is -0.120. The molecule has 0 aliphatic heterocycles. The molecule has 12 nitrogen and oxygen atoms in total. The van der Waals surface area contributed by atoms with Crippen molar-refractivity contribution in [3.63, 3.8) is 0 Å². The standard InChI is InChI=1S/C9H18N2O10S3/c1-22(14,15)10-8(12)4-6-21-9(13)20-5-3-7-24(18,19)11-23(2,16)17/h11H,3-7H2,1-2H3,(H,10,12). The molecule has 0 fully saturated rings. The molecule has 0 rings (SSSR count). The van der Waals surface area contributed by atoms with E-state index in [9.17, 15) is 34.8 Å². The molecule has 0 aromatic heterocycles. The highest BCUT2D eigenvalue weighted by Gasteiger charge is 2.16. The number of rotatable bonds is 10. The van der Waals surface area contributed by atoms with Gasteiger partial charge in [0.15, 0.2) is 0 Å². The number of hydrogen-bond acceptors (Lipinski definition) is 10. The molecule has 15 heteroatoms. The second kappa shape index (κ2) is 9.14. The number of nitrogens with one attached hydrogen (secondary N) is 2. The van der Waals surface area contributed by atoms with E-state index in [-0.39, 0.29) is 13.0 Å². The van der Waals surface area contributed by atoms with Gasteiger partial charge in [-0.2, -0.15) is 0 Å². The van der Waals surface area contributed by atoms with Crippen LogP contribution in [0.5, 0.6) is 0 Å². The van der Waals surface area contributed by atoms with E-state index in [1.54, 1.807) is 4.72 Å². The van der Waals surface area contributed by atoms with Crippen LogP contribution in [0.15, 0.2) is 0 Å². The lowest BCUT2D eigenvalue weighted by Crippen LogP contribution is -2.32. The van der Waals surface area contributed by atoms with Crippen LogP contribution in [0.2, 0.25) is 0 Å². The van der Waals surface area contributed by atoms with E-state index in [4.69, 9.17) is 0 Å². The summed E-state index contributed by atoms with van der Waals surface area (Å²) in [7, 11) is -11.7. The summed E-state index contributed by atoms with van der Waals surface area (Å²) < 4.78 is 77.7. The monoisotopic (exact) mass is 410 g/mol. The predicted octanol–water partition coefficient (Wildman–Crippen LogP) is -2.13. The number of carbonyl (C=O) groups is 2. The maximum atomic E-state index is 11.3. The first kappa shape index (κ1) is 22.6. The van der Waals surface area contributed by atoms with E-state index >= 15 is 0 Å². The highest BCUT2D eigenvalue weighted by molar-refractivity contribution is 8.04. The third-order valence-corrected chi connectivity index (χ3v) is 5.56. The normalized spacial score (nSPS) is 12.4. The van der Waals surface area contributed by atoms with E-state index in [1.165, 1.54) is 4.13 Å². The van der Waals surface area contributed by atoms with Gasteiger partial charge in [0.2, 0.25) is 36.0 Å². The van der Waals surface area contributed by atoms with E-state index < -0.39 is 60.9 Å². The Balaban J connectivity index is 3.94. The number of ether oxygens (including phenoxy) is 2. The van der Waals surface area contributed by atoms with Crippen molar-refractivity contribution in [1.82, 2.24) is 8.85 Å². The van der Waals surface area contributed by atoms with Crippen molar-refractivity contribution in [1.29, 1.82) is 0 Å². The Kier molecular flexibility index (Phi) is 8.59. The lowest BCUT2D eigenvalue weighted by Gasteiger charge is -2.07. The molecule has 24 heavy (non-hydrogen) atoms. The van der Waals surface area contributed by atoms with E-state index in [0.29, 0.717) is 6.26 Å². The summed E-state index contributed by atoms with van der Waals surface area (Å²) >= 11 is 0. The van der Waals surface area contributed by atoms with Crippen LogP contribution >= 0.6 is 0 Å². The fraction of sp³-hybridized carbons (Fsp3) is 0.778. The van der Waals surface area contributed by atoms with Gasteiger partial charge in [-0.3, -0.25) is 9.52 Å². The van der Waals surface area contributed by atoms with Crippen molar-refractivity contribution in [2.75, 3.05) is 31.5 Å². The van der Waals surface area contributed by atoms with Gasteiger partial charge in [0.25, 0.3) is 0 Å². The molecule has 142 valence electrons. The zero-order valence-corrected chi connectivity index (χ0v) is 15.3. The van der Waals surface area contributed by atoms with Crippen LogP contribution in [0.4, 0.5) is 4.79 Å². The van der Waals surface area contributed by atoms with Gasteiger partial charge in [0, 0.05) is 0 Å². The largest absolute Gasteiger partial charge is 0.508 e.